The maximum Gasteiger partial charge on any atom is 0.305 e. The summed E-state index contributed by atoms with van der Waals surface area (Å²) in [5.41, 5.74) is 9.99. The Morgan fingerprint density at radius 1 is 1.22 bits per heavy atom. The highest BCUT2D eigenvalue weighted by Gasteiger charge is 2.30. The van der Waals surface area contributed by atoms with Gasteiger partial charge in [-0.25, -0.2) is 0 Å². The SMILES string of the molecule is CC(C)(C)C(CC(=O)O)NC(=O)C(N)CC(N)=O. The van der Waals surface area contributed by atoms with E-state index in [0.717, 1.165) is 0 Å². The number of carboxylic acids is 1. The van der Waals surface area contributed by atoms with Crippen molar-refractivity contribution in [3.05, 3.63) is 0 Å². The molecule has 0 aliphatic heterocycles. The normalized spacial score (nSPS) is 14.7. The van der Waals surface area contributed by atoms with Gasteiger partial charge >= 0.3 is 5.97 Å². The van der Waals surface area contributed by atoms with Crippen molar-refractivity contribution < 1.29 is 19.5 Å². The number of carbonyl (C=O) groups excluding carboxylic acids is 2. The number of primary amides is 1. The predicted octanol–water partition coefficient (Wildman–Crippen LogP) is -0.805. The summed E-state index contributed by atoms with van der Waals surface area (Å²) in [7, 11) is 0. The van der Waals surface area contributed by atoms with Crippen LogP contribution in [-0.2, 0) is 14.4 Å². The summed E-state index contributed by atoms with van der Waals surface area (Å²) in [4.78, 5) is 33.1. The monoisotopic (exact) mass is 259 g/mol. The van der Waals surface area contributed by atoms with Gasteiger partial charge in [0.15, 0.2) is 0 Å². The second-order valence-corrected chi connectivity index (χ2v) is 5.30. The highest BCUT2D eigenvalue weighted by molar-refractivity contribution is 5.88. The third-order valence-electron chi connectivity index (χ3n) is 2.50. The lowest BCUT2D eigenvalue weighted by Gasteiger charge is -2.31. The summed E-state index contributed by atoms with van der Waals surface area (Å²) >= 11 is 0. The molecule has 0 saturated carbocycles. The molecule has 18 heavy (non-hydrogen) atoms. The summed E-state index contributed by atoms with van der Waals surface area (Å²) in [5, 5.41) is 11.3. The van der Waals surface area contributed by atoms with E-state index in [1.165, 1.54) is 0 Å². The highest BCUT2D eigenvalue weighted by Crippen LogP contribution is 2.21. The summed E-state index contributed by atoms with van der Waals surface area (Å²) in [6.45, 7) is 5.42. The summed E-state index contributed by atoms with van der Waals surface area (Å²) < 4.78 is 0. The van der Waals surface area contributed by atoms with Crippen molar-refractivity contribution in [2.75, 3.05) is 0 Å². The number of aliphatic carboxylic acids is 1. The summed E-state index contributed by atoms with van der Waals surface area (Å²) in [5.74, 6) is -2.27. The molecule has 0 aromatic carbocycles. The van der Waals surface area contributed by atoms with Gasteiger partial charge in [0.05, 0.1) is 18.9 Å². The van der Waals surface area contributed by atoms with Crippen LogP contribution in [0.2, 0.25) is 0 Å². The van der Waals surface area contributed by atoms with Gasteiger partial charge in [-0.15, -0.1) is 0 Å². The fraction of sp³-hybridized carbons (Fsp3) is 0.727. The Labute approximate surface area is 106 Å². The first kappa shape index (κ1) is 16.4. The average molecular weight is 259 g/mol. The molecule has 0 radical (unpaired) electrons. The van der Waals surface area contributed by atoms with E-state index in [1.807, 2.05) is 0 Å². The van der Waals surface area contributed by atoms with Crippen LogP contribution in [0.15, 0.2) is 0 Å². The first-order valence-corrected chi connectivity index (χ1v) is 5.60. The molecular weight excluding hydrogens is 238 g/mol. The number of hydrogen-bond acceptors (Lipinski definition) is 4. The van der Waals surface area contributed by atoms with Gasteiger partial charge in [-0.05, 0) is 5.41 Å². The number of carbonyl (C=O) groups is 3. The van der Waals surface area contributed by atoms with Gasteiger partial charge < -0.3 is 21.9 Å². The van der Waals surface area contributed by atoms with Crippen molar-refractivity contribution in [3.8, 4) is 0 Å². The molecule has 0 bridgehead atoms. The van der Waals surface area contributed by atoms with E-state index in [0.29, 0.717) is 0 Å². The van der Waals surface area contributed by atoms with E-state index < -0.39 is 35.3 Å². The molecule has 0 spiro atoms. The molecule has 0 aromatic heterocycles. The molecule has 7 nitrogen and oxygen atoms in total. The third-order valence-corrected chi connectivity index (χ3v) is 2.50. The Kier molecular flexibility index (Phi) is 5.77. The standard InChI is InChI=1S/C11H21N3O4/c1-11(2,3)7(5-9(16)17)14-10(18)6(12)4-8(13)15/h6-7H,4-5,12H2,1-3H3,(H2,13,15)(H,14,18)(H,16,17). The predicted molar refractivity (Wildman–Crippen MR) is 65.4 cm³/mol. The number of nitrogens with two attached hydrogens (primary N) is 2. The fourth-order valence-corrected chi connectivity index (χ4v) is 1.34. The first-order chi connectivity index (χ1) is 8.04. The van der Waals surface area contributed by atoms with Crippen LogP contribution < -0.4 is 16.8 Å². The van der Waals surface area contributed by atoms with Crippen molar-refractivity contribution in [2.45, 2.75) is 45.7 Å². The molecule has 0 aliphatic rings. The molecule has 0 rings (SSSR count). The number of amides is 2. The van der Waals surface area contributed by atoms with Crippen molar-refractivity contribution >= 4 is 17.8 Å². The van der Waals surface area contributed by atoms with E-state index >= 15 is 0 Å². The zero-order chi connectivity index (χ0) is 14.5. The van der Waals surface area contributed by atoms with Crippen LogP contribution in [0.25, 0.3) is 0 Å². The minimum atomic E-state index is -1.05. The minimum absolute atomic E-state index is 0.210. The molecule has 2 amide bonds. The molecule has 2 unspecified atom stereocenters. The molecule has 0 saturated heterocycles. The van der Waals surface area contributed by atoms with Crippen molar-refractivity contribution in [2.24, 2.45) is 16.9 Å². The van der Waals surface area contributed by atoms with E-state index in [-0.39, 0.29) is 12.8 Å². The summed E-state index contributed by atoms with van der Waals surface area (Å²) in [6, 6.07) is -1.62. The fourth-order valence-electron chi connectivity index (χ4n) is 1.34. The number of nitrogens with one attached hydrogen (secondary N) is 1. The largest absolute Gasteiger partial charge is 0.481 e. The smallest absolute Gasteiger partial charge is 0.305 e. The van der Waals surface area contributed by atoms with Gasteiger partial charge in [-0.1, -0.05) is 20.8 Å². The zero-order valence-corrected chi connectivity index (χ0v) is 10.9. The van der Waals surface area contributed by atoms with Gasteiger partial charge in [0.1, 0.15) is 0 Å². The van der Waals surface area contributed by atoms with Crippen LogP contribution in [0.5, 0.6) is 0 Å². The molecule has 6 N–H and O–H groups in total. The lowest BCUT2D eigenvalue weighted by molar-refractivity contribution is -0.138. The van der Waals surface area contributed by atoms with Crippen LogP contribution in [0.1, 0.15) is 33.6 Å². The Morgan fingerprint density at radius 2 is 1.72 bits per heavy atom. The number of hydrogen-bond donors (Lipinski definition) is 4. The molecule has 2 atom stereocenters. The van der Waals surface area contributed by atoms with Crippen molar-refractivity contribution in [3.63, 3.8) is 0 Å². The molecule has 0 heterocycles. The second kappa shape index (κ2) is 6.34. The van der Waals surface area contributed by atoms with Crippen LogP contribution >= 0.6 is 0 Å². The van der Waals surface area contributed by atoms with E-state index in [1.54, 1.807) is 20.8 Å². The van der Waals surface area contributed by atoms with Gasteiger partial charge in [0.2, 0.25) is 11.8 Å². The zero-order valence-electron chi connectivity index (χ0n) is 10.9. The van der Waals surface area contributed by atoms with Crippen LogP contribution in [0, 0.1) is 5.41 Å². The van der Waals surface area contributed by atoms with Gasteiger partial charge in [-0.2, -0.15) is 0 Å². The Hall–Kier alpha value is -1.63. The van der Waals surface area contributed by atoms with E-state index in [9.17, 15) is 14.4 Å². The Balaban J connectivity index is 4.63. The van der Waals surface area contributed by atoms with Crippen molar-refractivity contribution in [1.29, 1.82) is 0 Å². The van der Waals surface area contributed by atoms with Crippen LogP contribution in [-0.4, -0.2) is 35.0 Å². The molecular formula is C11H21N3O4. The highest BCUT2D eigenvalue weighted by atomic mass is 16.4. The van der Waals surface area contributed by atoms with E-state index in [4.69, 9.17) is 16.6 Å². The molecule has 104 valence electrons. The van der Waals surface area contributed by atoms with Gasteiger partial charge in [-0.3, -0.25) is 14.4 Å². The molecule has 0 aromatic rings. The first-order valence-electron chi connectivity index (χ1n) is 5.60. The number of carboxylic acid groups (broad SMARTS) is 1. The van der Waals surface area contributed by atoms with Gasteiger partial charge in [0.25, 0.3) is 0 Å². The maximum atomic E-state index is 11.7. The van der Waals surface area contributed by atoms with Crippen LogP contribution in [0.4, 0.5) is 0 Å². The lowest BCUT2D eigenvalue weighted by Crippen LogP contribution is -2.51. The lowest BCUT2D eigenvalue weighted by atomic mass is 9.84. The second-order valence-electron chi connectivity index (χ2n) is 5.30. The quantitative estimate of drug-likeness (QED) is 0.495. The Bertz CT molecular complexity index is 336. The Morgan fingerprint density at radius 3 is 2.06 bits per heavy atom. The molecule has 0 aliphatic carbocycles. The van der Waals surface area contributed by atoms with Gasteiger partial charge in [0, 0.05) is 6.04 Å². The average Bonchev–Trinajstić information content (AvgIpc) is 2.13. The van der Waals surface area contributed by atoms with Crippen LogP contribution in [0.3, 0.4) is 0 Å². The summed E-state index contributed by atoms with van der Waals surface area (Å²) in [6.07, 6.45) is -0.478. The minimum Gasteiger partial charge on any atom is -0.481 e. The topological polar surface area (TPSA) is 136 Å². The van der Waals surface area contributed by atoms with E-state index in [2.05, 4.69) is 5.32 Å². The number of rotatable bonds is 6. The maximum absolute atomic E-state index is 11.7. The van der Waals surface area contributed by atoms with Crippen molar-refractivity contribution in [1.82, 2.24) is 5.32 Å². The third kappa shape index (κ3) is 6.19. The molecule has 0 fully saturated rings. The molecule has 7 heteroatoms.